The summed E-state index contributed by atoms with van der Waals surface area (Å²) in [4.78, 5) is 21.1. The van der Waals surface area contributed by atoms with E-state index in [0.717, 1.165) is 6.42 Å². The standard InChI is InChI=1S/C11H17ClN4O2/c1-3-5-16(6-8(17)18-4-2)11-9(12)10(13)14-7-15-11/h7H,3-6H2,1-2H3,(H2,13,14,15). The van der Waals surface area contributed by atoms with E-state index >= 15 is 0 Å². The molecule has 100 valence electrons. The molecule has 0 fully saturated rings. The third-order valence-corrected chi connectivity index (χ3v) is 2.58. The molecule has 1 heterocycles. The number of hydrogen-bond acceptors (Lipinski definition) is 6. The molecule has 0 radical (unpaired) electrons. The first-order valence-electron chi connectivity index (χ1n) is 5.76. The van der Waals surface area contributed by atoms with Crippen molar-refractivity contribution in [3.05, 3.63) is 11.3 Å². The van der Waals surface area contributed by atoms with Gasteiger partial charge in [-0.05, 0) is 13.3 Å². The molecule has 0 unspecified atom stereocenters. The van der Waals surface area contributed by atoms with E-state index in [0.29, 0.717) is 19.0 Å². The van der Waals surface area contributed by atoms with E-state index in [1.165, 1.54) is 6.33 Å². The predicted molar refractivity (Wildman–Crippen MR) is 70.6 cm³/mol. The van der Waals surface area contributed by atoms with Crippen LogP contribution in [0.25, 0.3) is 0 Å². The third kappa shape index (κ3) is 3.73. The molecule has 0 aromatic carbocycles. The molecule has 18 heavy (non-hydrogen) atoms. The van der Waals surface area contributed by atoms with E-state index in [1.807, 2.05) is 6.92 Å². The molecule has 1 rings (SSSR count). The molecule has 0 spiro atoms. The van der Waals surface area contributed by atoms with Gasteiger partial charge in [0.1, 0.15) is 23.7 Å². The third-order valence-electron chi connectivity index (χ3n) is 2.22. The zero-order valence-corrected chi connectivity index (χ0v) is 11.3. The number of anilines is 2. The predicted octanol–water partition coefficient (Wildman–Crippen LogP) is 1.49. The van der Waals surface area contributed by atoms with Gasteiger partial charge in [0.25, 0.3) is 0 Å². The van der Waals surface area contributed by atoms with Crippen LogP contribution in [0.5, 0.6) is 0 Å². The summed E-state index contributed by atoms with van der Waals surface area (Å²) in [7, 11) is 0. The van der Waals surface area contributed by atoms with Crippen LogP contribution in [0, 0.1) is 0 Å². The van der Waals surface area contributed by atoms with E-state index < -0.39 is 0 Å². The minimum atomic E-state index is -0.320. The summed E-state index contributed by atoms with van der Waals surface area (Å²) in [5, 5.41) is 0.259. The topological polar surface area (TPSA) is 81.3 Å². The second-order valence-electron chi connectivity index (χ2n) is 3.62. The first kappa shape index (κ1) is 14.5. The van der Waals surface area contributed by atoms with Gasteiger partial charge < -0.3 is 15.4 Å². The smallest absolute Gasteiger partial charge is 0.325 e. The van der Waals surface area contributed by atoms with Gasteiger partial charge in [0.15, 0.2) is 5.82 Å². The Morgan fingerprint density at radius 3 is 2.83 bits per heavy atom. The van der Waals surface area contributed by atoms with Crippen LogP contribution in [0.15, 0.2) is 6.33 Å². The Labute approximate surface area is 111 Å². The molecule has 0 atom stereocenters. The summed E-state index contributed by atoms with van der Waals surface area (Å²) in [6.45, 7) is 4.83. The second kappa shape index (κ2) is 7.00. The lowest BCUT2D eigenvalue weighted by molar-refractivity contribution is -0.141. The van der Waals surface area contributed by atoms with Crippen LogP contribution in [0.2, 0.25) is 5.02 Å². The zero-order valence-electron chi connectivity index (χ0n) is 10.5. The minimum absolute atomic E-state index is 0.0951. The summed E-state index contributed by atoms with van der Waals surface area (Å²) >= 11 is 6.04. The Hall–Kier alpha value is -1.56. The van der Waals surface area contributed by atoms with E-state index in [1.54, 1.807) is 11.8 Å². The van der Waals surface area contributed by atoms with E-state index in [-0.39, 0.29) is 23.4 Å². The number of rotatable bonds is 6. The number of esters is 1. The van der Waals surface area contributed by atoms with Gasteiger partial charge >= 0.3 is 5.97 Å². The van der Waals surface area contributed by atoms with Gasteiger partial charge in [-0.2, -0.15) is 0 Å². The molecule has 6 nitrogen and oxygen atoms in total. The molecule has 0 aliphatic carbocycles. The van der Waals surface area contributed by atoms with E-state index in [2.05, 4.69) is 9.97 Å². The summed E-state index contributed by atoms with van der Waals surface area (Å²) in [5.74, 6) is 0.338. The fourth-order valence-electron chi connectivity index (χ4n) is 1.49. The molecule has 0 saturated carbocycles. The Bertz CT molecular complexity index is 414. The molecule has 2 N–H and O–H groups in total. The molecular formula is C11H17ClN4O2. The Balaban J connectivity index is 2.90. The number of carbonyl (C=O) groups excluding carboxylic acids is 1. The molecule has 0 saturated heterocycles. The lowest BCUT2D eigenvalue weighted by atomic mass is 10.3. The van der Waals surface area contributed by atoms with Gasteiger partial charge in [0, 0.05) is 6.54 Å². The van der Waals surface area contributed by atoms with Gasteiger partial charge in [-0.15, -0.1) is 0 Å². The van der Waals surface area contributed by atoms with E-state index in [4.69, 9.17) is 22.1 Å². The lowest BCUT2D eigenvalue weighted by Gasteiger charge is -2.22. The van der Waals surface area contributed by atoms with Crippen LogP contribution in [0.4, 0.5) is 11.6 Å². The van der Waals surface area contributed by atoms with Gasteiger partial charge in [0.05, 0.1) is 6.61 Å². The average Bonchev–Trinajstić information content (AvgIpc) is 2.32. The molecule has 0 bridgehead atoms. The van der Waals surface area contributed by atoms with Crippen molar-refractivity contribution in [2.24, 2.45) is 0 Å². The summed E-state index contributed by atoms with van der Waals surface area (Å²) < 4.78 is 4.91. The van der Waals surface area contributed by atoms with Crippen LogP contribution in [0.1, 0.15) is 20.3 Å². The van der Waals surface area contributed by atoms with Crippen LogP contribution < -0.4 is 10.6 Å². The van der Waals surface area contributed by atoms with Crippen LogP contribution in [-0.2, 0) is 9.53 Å². The highest BCUT2D eigenvalue weighted by molar-refractivity contribution is 6.35. The van der Waals surface area contributed by atoms with Crippen molar-refractivity contribution in [2.45, 2.75) is 20.3 Å². The normalized spacial score (nSPS) is 10.2. The highest BCUT2D eigenvalue weighted by atomic mass is 35.5. The van der Waals surface area contributed by atoms with Gasteiger partial charge in [-0.25, -0.2) is 9.97 Å². The fourth-order valence-corrected chi connectivity index (χ4v) is 1.70. The summed E-state index contributed by atoms with van der Waals surface area (Å²) in [5.41, 5.74) is 5.62. The molecule has 7 heteroatoms. The highest BCUT2D eigenvalue weighted by Gasteiger charge is 2.17. The largest absolute Gasteiger partial charge is 0.465 e. The SMILES string of the molecule is CCCN(CC(=O)OCC)c1ncnc(N)c1Cl. The Morgan fingerprint density at radius 1 is 1.50 bits per heavy atom. The maximum atomic E-state index is 11.5. The molecule has 0 aliphatic rings. The lowest BCUT2D eigenvalue weighted by Crippen LogP contribution is -2.32. The molecule has 0 amide bonds. The molecular weight excluding hydrogens is 256 g/mol. The highest BCUT2D eigenvalue weighted by Crippen LogP contribution is 2.26. The fraction of sp³-hybridized carbons (Fsp3) is 0.545. The first-order chi connectivity index (χ1) is 8.60. The van der Waals surface area contributed by atoms with Crippen molar-refractivity contribution >= 4 is 29.2 Å². The average molecular weight is 273 g/mol. The van der Waals surface area contributed by atoms with Crippen molar-refractivity contribution in [1.82, 2.24) is 9.97 Å². The van der Waals surface area contributed by atoms with E-state index in [9.17, 15) is 4.79 Å². The van der Waals surface area contributed by atoms with Crippen molar-refractivity contribution in [3.8, 4) is 0 Å². The van der Waals surface area contributed by atoms with Gasteiger partial charge in [0.2, 0.25) is 0 Å². The quantitative estimate of drug-likeness (QED) is 0.790. The minimum Gasteiger partial charge on any atom is -0.465 e. The van der Waals surface area contributed by atoms with Crippen molar-refractivity contribution < 1.29 is 9.53 Å². The second-order valence-corrected chi connectivity index (χ2v) is 4.00. The maximum Gasteiger partial charge on any atom is 0.325 e. The Morgan fingerprint density at radius 2 is 2.22 bits per heavy atom. The zero-order chi connectivity index (χ0) is 13.5. The number of nitrogens with two attached hydrogens (primary N) is 1. The number of nitrogen functional groups attached to an aromatic ring is 1. The Kier molecular flexibility index (Phi) is 5.64. The number of hydrogen-bond donors (Lipinski definition) is 1. The molecule has 1 aromatic heterocycles. The monoisotopic (exact) mass is 272 g/mol. The summed E-state index contributed by atoms with van der Waals surface area (Å²) in [6, 6.07) is 0. The number of carbonyl (C=O) groups is 1. The van der Waals surface area contributed by atoms with Crippen LogP contribution >= 0.6 is 11.6 Å². The summed E-state index contributed by atoms with van der Waals surface area (Å²) in [6.07, 6.45) is 2.17. The number of aromatic nitrogens is 2. The maximum absolute atomic E-state index is 11.5. The van der Waals surface area contributed by atoms with Crippen molar-refractivity contribution in [3.63, 3.8) is 0 Å². The van der Waals surface area contributed by atoms with Gasteiger partial charge in [-0.3, -0.25) is 4.79 Å². The first-order valence-corrected chi connectivity index (χ1v) is 6.14. The van der Waals surface area contributed by atoms with Crippen LogP contribution in [-0.4, -0.2) is 35.6 Å². The molecule has 0 aliphatic heterocycles. The number of halogens is 1. The van der Waals surface area contributed by atoms with Crippen molar-refractivity contribution in [1.29, 1.82) is 0 Å². The number of ether oxygens (including phenoxy) is 1. The number of nitrogens with zero attached hydrogens (tertiary/aromatic N) is 3. The van der Waals surface area contributed by atoms with Crippen LogP contribution in [0.3, 0.4) is 0 Å². The molecule has 1 aromatic rings. The van der Waals surface area contributed by atoms with Gasteiger partial charge in [-0.1, -0.05) is 18.5 Å². The van der Waals surface area contributed by atoms with Crippen molar-refractivity contribution in [2.75, 3.05) is 30.3 Å².